The lowest BCUT2D eigenvalue weighted by molar-refractivity contribution is -0.0103. The zero-order valence-electron chi connectivity index (χ0n) is 10.9. The van der Waals surface area contributed by atoms with Gasteiger partial charge in [-0.2, -0.15) is 0 Å². The van der Waals surface area contributed by atoms with Crippen molar-refractivity contribution in [1.82, 2.24) is 4.98 Å². The number of nitrogens with two attached hydrogens (primary N) is 1. The van der Waals surface area contributed by atoms with Gasteiger partial charge in [-0.3, -0.25) is 4.98 Å². The summed E-state index contributed by atoms with van der Waals surface area (Å²) >= 11 is 0. The molecule has 0 saturated carbocycles. The summed E-state index contributed by atoms with van der Waals surface area (Å²) in [4.78, 5) is 6.58. The van der Waals surface area contributed by atoms with Crippen molar-refractivity contribution >= 4 is 5.69 Å². The fourth-order valence-electron chi connectivity index (χ4n) is 2.12. The van der Waals surface area contributed by atoms with E-state index in [4.69, 9.17) is 10.5 Å². The number of pyridine rings is 1. The average Bonchev–Trinajstić information content (AvgIpc) is 2.39. The lowest BCUT2D eigenvalue weighted by Gasteiger charge is -2.38. The predicted molar refractivity (Wildman–Crippen MR) is 70.5 cm³/mol. The van der Waals surface area contributed by atoms with Crippen LogP contribution in [-0.2, 0) is 4.74 Å². The van der Waals surface area contributed by atoms with Crippen LogP contribution in [0.3, 0.4) is 0 Å². The Bertz CT molecular complexity index is 380. The van der Waals surface area contributed by atoms with Crippen molar-refractivity contribution < 1.29 is 9.84 Å². The molecule has 1 fully saturated rings. The van der Waals surface area contributed by atoms with Gasteiger partial charge in [0.15, 0.2) is 0 Å². The largest absolute Gasteiger partial charge is 0.394 e. The highest BCUT2D eigenvalue weighted by molar-refractivity contribution is 5.46. The lowest BCUT2D eigenvalue weighted by Crippen LogP contribution is -2.49. The molecule has 0 radical (unpaired) electrons. The van der Waals surface area contributed by atoms with E-state index in [9.17, 15) is 5.11 Å². The van der Waals surface area contributed by atoms with Crippen LogP contribution in [0.15, 0.2) is 18.3 Å². The van der Waals surface area contributed by atoms with Gasteiger partial charge in [-0.1, -0.05) is 0 Å². The molecule has 1 aliphatic rings. The summed E-state index contributed by atoms with van der Waals surface area (Å²) in [6.07, 6.45) is 1.73. The van der Waals surface area contributed by atoms with E-state index in [2.05, 4.69) is 16.8 Å². The Morgan fingerprint density at radius 1 is 1.61 bits per heavy atom. The summed E-state index contributed by atoms with van der Waals surface area (Å²) in [6.45, 7) is 5.39. The molecule has 2 heterocycles. The number of aliphatic hydroxyl groups is 1. The van der Waals surface area contributed by atoms with E-state index in [1.165, 1.54) is 0 Å². The highest BCUT2D eigenvalue weighted by Crippen LogP contribution is 2.21. The van der Waals surface area contributed by atoms with Gasteiger partial charge in [0.25, 0.3) is 0 Å². The number of rotatable bonds is 3. The molecule has 3 N–H and O–H groups in total. The van der Waals surface area contributed by atoms with Gasteiger partial charge < -0.3 is 20.5 Å². The molecule has 2 rings (SSSR count). The second-order valence-electron chi connectivity index (χ2n) is 4.87. The molecule has 5 heteroatoms. The van der Waals surface area contributed by atoms with Crippen LogP contribution in [0.1, 0.15) is 25.6 Å². The summed E-state index contributed by atoms with van der Waals surface area (Å²) < 4.78 is 5.52. The molecule has 0 aliphatic carbocycles. The van der Waals surface area contributed by atoms with Gasteiger partial charge in [0, 0.05) is 18.6 Å². The van der Waals surface area contributed by atoms with E-state index in [-0.39, 0.29) is 24.8 Å². The Labute approximate surface area is 108 Å². The smallest absolute Gasteiger partial charge is 0.0981 e. The van der Waals surface area contributed by atoms with Crippen LogP contribution >= 0.6 is 0 Å². The minimum Gasteiger partial charge on any atom is -0.394 e. The molecule has 1 aliphatic heterocycles. The summed E-state index contributed by atoms with van der Waals surface area (Å²) in [5.74, 6) is 0. The number of hydrogen-bond donors (Lipinski definition) is 2. The van der Waals surface area contributed by atoms with Crippen LogP contribution in [0.5, 0.6) is 0 Å². The maximum absolute atomic E-state index is 9.18. The van der Waals surface area contributed by atoms with E-state index in [0.717, 1.165) is 11.4 Å². The summed E-state index contributed by atoms with van der Waals surface area (Å²) in [7, 11) is 0. The number of hydrogen-bond acceptors (Lipinski definition) is 5. The third kappa shape index (κ3) is 2.80. The van der Waals surface area contributed by atoms with Crippen molar-refractivity contribution in [2.75, 3.05) is 24.7 Å². The van der Waals surface area contributed by atoms with Gasteiger partial charge in [0.05, 0.1) is 36.9 Å². The van der Waals surface area contributed by atoms with Crippen molar-refractivity contribution in [3.05, 3.63) is 24.0 Å². The summed E-state index contributed by atoms with van der Waals surface area (Å²) in [5, 5.41) is 9.18. The molecule has 100 valence electrons. The number of ether oxygens (including phenoxy) is 1. The first kappa shape index (κ1) is 13.3. The van der Waals surface area contributed by atoms with Gasteiger partial charge in [0.1, 0.15) is 0 Å². The van der Waals surface area contributed by atoms with E-state index in [1.807, 2.05) is 25.3 Å². The van der Waals surface area contributed by atoms with Gasteiger partial charge in [-0.05, 0) is 26.0 Å². The third-order valence-corrected chi connectivity index (χ3v) is 3.28. The van der Waals surface area contributed by atoms with Crippen LogP contribution in [-0.4, -0.2) is 42.0 Å². The second kappa shape index (κ2) is 5.65. The van der Waals surface area contributed by atoms with Crippen molar-refractivity contribution in [3.63, 3.8) is 0 Å². The van der Waals surface area contributed by atoms with Crippen LogP contribution < -0.4 is 10.6 Å². The van der Waals surface area contributed by atoms with Crippen molar-refractivity contribution in [2.24, 2.45) is 5.73 Å². The van der Waals surface area contributed by atoms with Crippen molar-refractivity contribution in [2.45, 2.75) is 32.0 Å². The Kier molecular flexibility index (Phi) is 4.16. The van der Waals surface area contributed by atoms with Gasteiger partial charge in [-0.15, -0.1) is 0 Å². The second-order valence-corrected chi connectivity index (χ2v) is 4.87. The normalized spacial score (nSPS) is 26.1. The Morgan fingerprint density at radius 2 is 2.39 bits per heavy atom. The standard InChI is InChI=1S/C13H21N3O2/c1-9-8-18-12(7-17)6-16(9)11-3-4-13(10(2)14)15-5-11/h3-5,9-10,12,17H,6-8,14H2,1-2H3/t9?,10-,12?/m1/s1. The molecule has 3 atom stereocenters. The summed E-state index contributed by atoms with van der Waals surface area (Å²) in [6, 6.07) is 4.22. The zero-order valence-corrected chi connectivity index (χ0v) is 10.9. The molecule has 1 aromatic heterocycles. The minimum atomic E-state index is -0.116. The molecule has 0 aromatic carbocycles. The molecule has 5 nitrogen and oxygen atoms in total. The molecule has 1 saturated heterocycles. The first-order valence-electron chi connectivity index (χ1n) is 6.32. The Balaban J connectivity index is 2.13. The average molecular weight is 251 g/mol. The van der Waals surface area contributed by atoms with Crippen LogP contribution in [0.25, 0.3) is 0 Å². The van der Waals surface area contributed by atoms with Crippen LogP contribution in [0.4, 0.5) is 5.69 Å². The maximum atomic E-state index is 9.18. The first-order chi connectivity index (χ1) is 8.61. The number of morpholine rings is 1. The number of nitrogens with zero attached hydrogens (tertiary/aromatic N) is 2. The van der Waals surface area contributed by atoms with E-state index in [1.54, 1.807) is 0 Å². The fourth-order valence-corrected chi connectivity index (χ4v) is 2.12. The zero-order chi connectivity index (χ0) is 13.1. The van der Waals surface area contributed by atoms with Gasteiger partial charge in [-0.25, -0.2) is 0 Å². The van der Waals surface area contributed by atoms with Crippen molar-refractivity contribution in [3.8, 4) is 0 Å². The molecule has 2 unspecified atom stereocenters. The highest BCUT2D eigenvalue weighted by Gasteiger charge is 2.25. The molecule has 18 heavy (non-hydrogen) atoms. The predicted octanol–water partition coefficient (Wildman–Crippen LogP) is 0.687. The molecule has 1 aromatic rings. The SMILES string of the molecule is CC1COC(CO)CN1c1ccc([C@@H](C)N)nc1. The van der Waals surface area contributed by atoms with E-state index < -0.39 is 0 Å². The highest BCUT2D eigenvalue weighted by atomic mass is 16.5. The molecular formula is C13H21N3O2. The fraction of sp³-hybridized carbons (Fsp3) is 0.615. The molecular weight excluding hydrogens is 230 g/mol. The number of aromatic nitrogens is 1. The Hall–Kier alpha value is -1.17. The Morgan fingerprint density at radius 3 is 2.94 bits per heavy atom. The van der Waals surface area contributed by atoms with E-state index >= 15 is 0 Å². The molecule has 0 amide bonds. The van der Waals surface area contributed by atoms with Crippen LogP contribution in [0.2, 0.25) is 0 Å². The van der Waals surface area contributed by atoms with Gasteiger partial charge in [0.2, 0.25) is 0 Å². The lowest BCUT2D eigenvalue weighted by atomic mass is 10.1. The quantitative estimate of drug-likeness (QED) is 0.827. The topological polar surface area (TPSA) is 71.6 Å². The van der Waals surface area contributed by atoms with Crippen molar-refractivity contribution in [1.29, 1.82) is 0 Å². The minimum absolute atomic E-state index is 0.0497. The molecule has 0 spiro atoms. The number of anilines is 1. The first-order valence-corrected chi connectivity index (χ1v) is 6.32. The third-order valence-electron chi connectivity index (χ3n) is 3.28. The van der Waals surface area contributed by atoms with Crippen LogP contribution in [0, 0.1) is 0 Å². The summed E-state index contributed by atoms with van der Waals surface area (Å²) in [5.41, 5.74) is 7.72. The molecule has 0 bridgehead atoms. The van der Waals surface area contributed by atoms with Gasteiger partial charge >= 0.3 is 0 Å². The van der Waals surface area contributed by atoms with E-state index in [0.29, 0.717) is 13.2 Å². The maximum Gasteiger partial charge on any atom is 0.0981 e. The monoisotopic (exact) mass is 251 g/mol. The number of aliphatic hydroxyl groups excluding tert-OH is 1.